The van der Waals surface area contributed by atoms with Gasteiger partial charge in [0.05, 0.1) is 6.04 Å². The van der Waals surface area contributed by atoms with Gasteiger partial charge in [-0.3, -0.25) is 0 Å². The molecule has 1 fully saturated rings. The number of benzene rings is 2. The molecule has 1 heterocycles. The second kappa shape index (κ2) is 8.15. The van der Waals surface area contributed by atoms with E-state index in [1.807, 2.05) is 69.3 Å². The van der Waals surface area contributed by atoms with Gasteiger partial charge in [0, 0.05) is 28.3 Å². The Bertz CT molecular complexity index is 833. The van der Waals surface area contributed by atoms with Crippen molar-refractivity contribution in [2.75, 3.05) is 6.54 Å². The predicted octanol–water partition coefficient (Wildman–Crippen LogP) is 7.15. The van der Waals surface area contributed by atoms with Crippen molar-refractivity contribution in [2.24, 2.45) is 0 Å². The van der Waals surface area contributed by atoms with Crippen LogP contribution in [0.1, 0.15) is 50.8 Å². The number of amides is 1. The van der Waals surface area contributed by atoms with Gasteiger partial charge >= 0.3 is 6.09 Å². The minimum atomic E-state index is -1.50. The zero-order valence-corrected chi connectivity index (χ0v) is 19.4. The monoisotopic (exact) mass is 511 g/mol. The van der Waals surface area contributed by atoms with Gasteiger partial charge in [0.1, 0.15) is 11.3 Å². The molecule has 0 radical (unpaired) electrons. The molecule has 1 amide bonds. The van der Waals surface area contributed by atoms with E-state index in [0.29, 0.717) is 12.1 Å². The highest BCUT2D eigenvalue weighted by molar-refractivity contribution is 9.10. The van der Waals surface area contributed by atoms with Crippen molar-refractivity contribution in [1.29, 1.82) is 0 Å². The summed E-state index contributed by atoms with van der Waals surface area (Å²) in [5, 5.41) is 0. The van der Waals surface area contributed by atoms with Crippen molar-refractivity contribution in [1.82, 2.24) is 4.90 Å². The summed E-state index contributed by atoms with van der Waals surface area (Å²) in [7, 11) is 0. The number of halogens is 3. The Balaban J connectivity index is 1.94. The van der Waals surface area contributed by atoms with Gasteiger partial charge in [-0.25, -0.2) is 9.18 Å². The van der Waals surface area contributed by atoms with Crippen LogP contribution in [0.5, 0.6) is 0 Å². The summed E-state index contributed by atoms with van der Waals surface area (Å²) in [5.41, 5.74) is -0.566. The quantitative estimate of drug-likeness (QED) is 0.427. The first-order chi connectivity index (χ1) is 13.1. The van der Waals surface area contributed by atoms with Crippen LogP contribution in [-0.2, 0) is 10.4 Å². The molecule has 1 aliphatic rings. The lowest BCUT2D eigenvalue weighted by Crippen LogP contribution is -2.47. The van der Waals surface area contributed by atoms with E-state index in [9.17, 15) is 4.79 Å². The van der Waals surface area contributed by atoms with Crippen LogP contribution in [0.2, 0.25) is 0 Å². The molecule has 0 aliphatic carbocycles. The highest BCUT2D eigenvalue weighted by atomic mass is 79.9. The number of alkyl halides is 1. The van der Waals surface area contributed by atoms with Gasteiger partial charge in [-0.1, -0.05) is 56.1 Å². The number of hydrogen-bond acceptors (Lipinski definition) is 2. The number of likely N-dealkylation sites (tertiary alicyclic amines) is 1. The molecule has 2 atom stereocenters. The molecule has 0 saturated carbocycles. The Morgan fingerprint density at radius 3 is 2.14 bits per heavy atom. The molecule has 6 heteroatoms. The van der Waals surface area contributed by atoms with Crippen LogP contribution in [0, 0.1) is 0 Å². The zero-order valence-electron chi connectivity index (χ0n) is 16.2. The first kappa shape index (κ1) is 21.3. The summed E-state index contributed by atoms with van der Waals surface area (Å²) in [6.07, 6.45) is 0.0226. The molecule has 28 heavy (non-hydrogen) atoms. The molecule has 2 aromatic carbocycles. The zero-order chi connectivity index (χ0) is 20.5. The summed E-state index contributed by atoms with van der Waals surface area (Å²) >= 11 is 6.84. The van der Waals surface area contributed by atoms with Crippen molar-refractivity contribution in [3.8, 4) is 0 Å². The van der Waals surface area contributed by atoms with Gasteiger partial charge in [0.2, 0.25) is 0 Å². The Morgan fingerprint density at radius 1 is 1.07 bits per heavy atom. The predicted molar refractivity (Wildman–Crippen MR) is 116 cm³/mol. The lowest BCUT2D eigenvalue weighted by molar-refractivity contribution is -0.0201. The van der Waals surface area contributed by atoms with Crippen LogP contribution in [0.3, 0.4) is 0 Å². The summed E-state index contributed by atoms with van der Waals surface area (Å²) in [5.74, 6) is 0. The van der Waals surface area contributed by atoms with Crippen molar-refractivity contribution < 1.29 is 13.9 Å². The lowest BCUT2D eigenvalue weighted by atomic mass is 9.80. The van der Waals surface area contributed by atoms with E-state index in [1.165, 1.54) is 0 Å². The van der Waals surface area contributed by atoms with E-state index >= 15 is 4.39 Å². The lowest BCUT2D eigenvalue weighted by Gasteiger charge is -2.43. The third kappa shape index (κ3) is 4.95. The molecule has 2 unspecified atom stereocenters. The molecule has 3 rings (SSSR count). The number of carbonyl (C=O) groups excluding carboxylic acids is 1. The first-order valence-corrected chi connectivity index (χ1v) is 10.9. The second-order valence-corrected chi connectivity index (χ2v) is 10.00. The minimum Gasteiger partial charge on any atom is -0.444 e. The van der Waals surface area contributed by atoms with Crippen LogP contribution >= 0.6 is 31.9 Å². The number of piperidine rings is 1. The largest absolute Gasteiger partial charge is 0.444 e. The average molecular weight is 513 g/mol. The van der Waals surface area contributed by atoms with Gasteiger partial charge < -0.3 is 9.64 Å². The van der Waals surface area contributed by atoms with Gasteiger partial charge in [-0.2, -0.15) is 0 Å². The van der Waals surface area contributed by atoms with Crippen LogP contribution < -0.4 is 0 Å². The number of rotatable bonds is 2. The highest BCUT2D eigenvalue weighted by Crippen LogP contribution is 2.46. The Morgan fingerprint density at radius 2 is 1.61 bits per heavy atom. The maximum Gasteiger partial charge on any atom is 0.410 e. The average Bonchev–Trinajstić information content (AvgIpc) is 2.61. The molecule has 3 nitrogen and oxygen atoms in total. The van der Waals surface area contributed by atoms with E-state index in [0.717, 1.165) is 14.5 Å². The van der Waals surface area contributed by atoms with E-state index in [2.05, 4.69) is 31.9 Å². The van der Waals surface area contributed by atoms with Gasteiger partial charge in [0.15, 0.2) is 0 Å². The van der Waals surface area contributed by atoms with Crippen LogP contribution in [-0.4, -0.2) is 23.1 Å². The van der Waals surface area contributed by atoms with Crippen molar-refractivity contribution >= 4 is 38.0 Å². The minimum absolute atomic E-state index is 0.190. The molecule has 0 spiro atoms. The second-order valence-electron chi connectivity index (χ2n) is 8.17. The molecular weight excluding hydrogens is 489 g/mol. The van der Waals surface area contributed by atoms with Crippen molar-refractivity contribution in [3.63, 3.8) is 0 Å². The fourth-order valence-electron chi connectivity index (χ4n) is 3.50. The number of ether oxygens (including phenoxy) is 1. The first-order valence-electron chi connectivity index (χ1n) is 9.27. The fourth-order valence-corrected chi connectivity index (χ4v) is 4.03. The van der Waals surface area contributed by atoms with Gasteiger partial charge in [-0.15, -0.1) is 0 Å². The molecule has 1 saturated heterocycles. The third-order valence-corrected chi connectivity index (χ3v) is 5.94. The standard InChI is InChI=1S/C22H24Br2FNO2/c1-21(2,3)28-20(27)26-13-12-22(25,16-6-10-18(24)11-7-16)14-19(26)15-4-8-17(23)9-5-15/h4-11,19H,12-14H2,1-3H3. The smallest absolute Gasteiger partial charge is 0.410 e. The maximum atomic E-state index is 16.0. The topological polar surface area (TPSA) is 29.5 Å². The van der Waals surface area contributed by atoms with E-state index in [1.54, 1.807) is 4.90 Å². The van der Waals surface area contributed by atoms with E-state index < -0.39 is 23.4 Å². The van der Waals surface area contributed by atoms with Gasteiger partial charge in [0.25, 0.3) is 0 Å². The maximum absolute atomic E-state index is 16.0. The van der Waals surface area contributed by atoms with E-state index in [-0.39, 0.29) is 12.8 Å². The Kier molecular flexibility index (Phi) is 6.20. The third-order valence-electron chi connectivity index (χ3n) is 4.89. The number of carbonyl (C=O) groups is 1. The van der Waals surface area contributed by atoms with Crippen LogP contribution in [0.4, 0.5) is 9.18 Å². The SMILES string of the molecule is CC(C)(C)OC(=O)N1CCC(F)(c2ccc(Br)cc2)CC1c1ccc(Br)cc1. The summed E-state index contributed by atoms with van der Waals surface area (Å²) in [6.45, 7) is 5.81. The number of hydrogen-bond donors (Lipinski definition) is 0. The fraction of sp³-hybridized carbons (Fsp3) is 0.409. The summed E-state index contributed by atoms with van der Waals surface area (Å²) in [4.78, 5) is 14.5. The van der Waals surface area contributed by atoms with Crippen LogP contribution in [0.15, 0.2) is 57.5 Å². The van der Waals surface area contributed by atoms with Crippen molar-refractivity contribution in [2.45, 2.75) is 50.9 Å². The Labute approximate surface area is 182 Å². The molecule has 0 bridgehead atoms. The molecule has 1 aliphatic heterocycles. The number of nitrogens with zero attached hydrogens (tertiary/aromatic N) is 1. The molecule has 2 aromatic rings. The van der Waals surface area contributed by atoms with Gasteiger partial charge in [-0.05, 0) is 56.2 Å². The Hall–Kier alpha value is -1.40. The highest BCUT2D eigenvalue weighted by Gasteiger charge is 2.44. The summed E-state index contributed by atoms with van der Waals surface area (Å²) < 4.78 is 23.5. The summed E-state index contributed by atoms with van der Waals surface area (Å²) in [6, 6.07) is 14.6. The van der Waals surface area contributed by atoms with E-state index in [4.69, 9.17) is 4.74 Å². The molecule has 150 valence electrons. The normalized spacial score (nSPS) is 22.8. The van der Waals surface area contributed by atoms with Crippen LogP contribution in [0.25, 0.3) is 0 Å². The molecule has 0 aromatic heterocycles. The molecule has 0 N–H and O–H groups in total. The van der Waals surface area contributed by atoms with Crippen molar-refractivity contribution in [3.05, 3.63) is 68.6 Å². The molecular formula is C22H24Br2FNO2.